The van der Waals surface area contributed by atoms with Gasteiger partial charge in [-0.05, 0) is 12.1 Å². The Morgan fingerprint density at radius 3 is 2.56 bits per heavy atom. The molecule has 7 heteroatoms. The average molecular weight is 229 g/mol. The summed E-state index contributed by atoms with van der Waals surface area (Å²) in [5, 5.41) is 17.5. The topological polar surface area (TPSA) is 91.1 Å². The van der Waals surface area contributed by atoms with Crippen LogP contribution in [-0.4, -0.2) is 30.2 Å². The molecule has 1 aromatic rings. The fraction of sp³-hybridized carbons (Fsp3) is 0.333. The molecule has 0 aromatic heterocycles. The number of hydrogen-bond donors (Lipinski definition) is 1. The summed E-state index contributed by atoms with van der Waals surface area (Å²) in [7, 11) is 0. The van der Waals surface area contributed by atoms with E-state index in [-0.39, 0.29) is 13.2 Å². The van der Waals surface area contributed by atoms with Crippen molar-refractivity contribution in [3.8, 4) is 11.5 Å². The van der Waals surface area contributed by atoms with Crippen molar-refractivity contribution in [2.24, 2.45) is 0 Å². The minimum absolute atomic E-state index is 0.0591. The first-order valence-electron chi connectivity index (χ1n) is 4.46. The molecule has 0 fully saturated rings. The SMILES string of the molecule is O=[N+]([O-])OCCOc1cccc(OCO)c1. The standard InChI is InChI=1S/C9H11NO6/c11-7-15-9-3-1-2-8(6-9)14-4-5-16-10(12)13/h1-3,6,11H,4-5,7H2. The minimum atomic E-state index is -0.880. The molecule has 1 N–H and O–H groups in total. The summed E-state index contributed by atoms with van der Waals surface area (Å²) < 4.78 is 9.98. The second-order valence-corrected chi connectivity index (χ2v) is 2.65. The predicted octanol–water partition coefficient (Wildman–Crippen LogP) is 0.602. The molecule has 0 atom stereocenters. The van der Waals surface area contributed by atoms with E-state index in [1.165, 1.54) is 0 Å². The highest BCUT2D eigenvalue weighted by Gasteiger charge is 1.99. The molecule has 0 radical (unpaired) electrons. The van der Waals surface area contributed by atoms with Crippen molar-refractivity contribution in [2.45, 2.75) is 0 Å². The van der Waals surface area contributed by atoms with Gasteiger partial charge >= 0.3 is 0 Å². The number of benzene rings is 1. The van der Waals surface area contributed by atoms with Gasteiger partial charge in [-0.15, -0.1) is 10.1 Å². The number of ether oxygens (including phenoxy) is 2. The fourth-order valence-electron chi connectivity index (χ4n) is 1.000. The predicted molar refractivity (Wildman–Crippen MR) is 52.6 cm³/mol. The van der Waals surface area contributed by atoms with Gasteiger partial charge in [-0.1, -0.05) is 6.07 Å². The lowest BCUT2D eigenvalue weighted by Crippen LogP contribution is -2.10. The average Bonchev–Trinajstić information content (AvgIpc) is 2.25. The third kappa shape index (κ3) is 4.47. The molecule has 0 aliphatic heterocycles. The lowest BCUT2D eigenvalue weighted by molar-refractivity contribution is -0.757. The maximum Gasteiger partial charge on any atom is 0.294 e. The molecule has 0 aliphatic rings. The largest absolute Gasteiger partial charge is 0.491 e. The third-order valence-electron chi connectivity index (χ3n) is 1.59. The van der Waals surface area contributed by atoms with E-state index in [2.05, 4.69) is 4.84 Å². The molecule has 0 saturated heterocycles. The summed E-state index contributed by atoms with van der Waals surface area (Å²) in [6.07, 6.45) is 0. The lowest BCUT2D eigenvalue weighted by atomic mass is 10.3. The van der Waals surface area contributed by atoms with Gasteiger partial charge in [-0.3, -0.25) is 0 Å². The van der Waals surface area contributed by atoms with Crippen molar-refractivity contribution in [3.63, 3.8) is 0 Å². The van der Waals surface area contributed by atoms with E-state index in [0.717, 1.165) is 0 Å². The van der Waals surface area contributed by atoms with Crippen LogP contribution < -0.4 is 9.47 Å². The summed E-state index contributed by atoms with van der Waals surface area (Å²) >= 11 is 0. The number of hydrogen-bond acceptors (Lipinski definition) is 6. The van der Waals surface area contributed by atoms with Gasteiger partial charge in [-0.25, -0.2) is 0 Å². The van der Waals surface area contributed by atoms with E-state index in [4.69, 9.17) is 14.6 Å². The van der Waals surface area contributed by atoms with E-state index in [0.29, 0.717) is 11.5 Å². The highest BCUT2D eigenvalue weighted by Crippen LogP contribution is 2.18. The van der Waals surface area contributed by atoms with E-state index in [1.54, 1.807) is 24.3 Å². The first-order chi connectivity index (χ1) is 7.72. The molecule has 0 unspecified atom stereocenters. The van der Waals surface area contributed by atoms with Gasteiger partial charge in [0.2, 0.25) is 0 Å². The highest BCUT2D eigenvalue weighted by atomic mass is 17.0. The molecule has 0 heterocycles. The third-order valence-corrected chi connectivity index (χ3v) is 1.59. The van der Waals surface area contributed by atoms with Crippen LogP contribution in [0, 0.1) is 10.1 Å². The van der Waals surface area contributed by atoms with Crippen molar-refractivity contribution in [3.05, 3.63) is 34.4 Å². The van der Waals surface area contributed by atoms with Crippen LogP contribution in [0.4, 0.5) is 0 Å². The first kappa shape index (κ1) is 12.1. The number of nitrogens with zero attached hydrogens (tertiary/aromatic N) is 1. The number of rotatable bonds is 7. The van der Waals surface area contributed by atoms with Gasteiger partial charge < -0.3 is 19.4 Å². The summed E-state index contributed by atoms with van der Waals surface area (Å²) in [5.41, 5.74) is 0. The van der Waals surface area contributed by atoms with Crippen molar-refractivity contribution < 1.29 is 24.5 Å². The molecule has 0 aliphatic carbocycles. The van der Waals surface area contributed by atoms with E-state index >= 15 is 0 Å². The zero-order chi connectivity index (χ0) is 11.8. The van der Waals surface area contributed by atoms with Gasteiger partial charge in [-0.2, -0.15) is 0 Å². The monoisotopic (exact) mass is 229 g/mol. The molecular weight excluding hydrogens is 218 g/mol. The molecule has 0 bridgehead atoms. The Morgan fingerprint density at radius 1 is 1.25 bits per heavy atom. The summed E-state index contributed by atoms with van der Waals surface area (Å²) in [6, 6.07) is 6.55. The van der Waals surface area contributed by atoms with Gasteiger partial charge in [0.1, 0.15) is 24.7 Å². The molecule has 0 saturated carbocycles. The summed E-state index contributed by atoms with van der Waals surface area (Å²) in [4.78, 5) is 13.9. The maximum absolute atomic E-state index is 9.83. The summed E-state index contributed by atoms with van der Waals surface area (Å²) in [6.45, 7) is -0.504. The molecular formula is C9H11NO6. The second kappa shape index (κ2) is 6.46. The van der Waals surface area contributed by atoms with Crippen LogP contribution in [0.2, 0.25) is 0 Å². The van der Waals surface area contributed by atoms with Crippen LogP contribution in [0.5, 0.6) is 11.5 Å². The van der Waals surface area contributed by atoms with Crippen molar-refractivity contribution in [1.29, 1.82) is 0 Å². The Hall–Kier alpha value is -2.02. The fourth-order valence-corrected chi connectivity index (χ4v) is 1.000. The number of aliphatic hydroxyl groups excluding tert-OH is 1. The van der Waals surface area contributed by atoms with Crippen molar-refractivity contribution in [2.75, 3.05) is 20.0 Å². The normalized spacial score (nSPS) is 9.56. The van der Waals surface area contributed by atoms with Crippen molar-refractivity contribution in [1.82, 2.24) is 0 Å². The Bertz CT molecular complexity index is 343. The van der Waals surface area contributed by atoms with Crippen LogP contribution in [0.1, 0.15) is 0 Å². The Morgan fingerprint density at radius 2 is 1.94 bits per heavy atom. The van der Waals surface area contributed by atoms with Crippen LogP contribution in [0.15, 0.2) is 24.3 Å². The molecule has 0 spiro atoms. The van der Waals surface area contributed by atoms with Gasteiger partial charge in [0.05, 0.1) is 0 Å². The van der Waals surface area contributed by atoms with Crippen LogP contribution in [-0.2, 0) is 4.84 Å². The number of aliphatic hydroxyl groups is 1. The smallest absolute Gasteiger partial charge is 0.294 e. The van der Waals surface area contributed by atoms with Gasteiger partial charge in [0, 0.05) is 6.07 Å². The zero-order valence-corrected chi connectivity index (χ0v) is 8.37. The molecule has 16 heavy (non-hydrogen) atoms. The van der Waals surface area contributed by atoms with Crippen LogP contribution >= 0.6 is 0 Å². The van der Waals surface area contributed by atoms with E-state index < -0.39 is 11.9 Å². The van der Waals surface area contributed by atoms with Gasteiger partial charge in [0.25, 0.3) is 5.09 Å². The lowest BCUT2D eigenvalue weighted by Gasteiger charge is -2.07. The molecule has 1 rings (SSSR count). The van der Waals surface area contributed by atoms with Crippen LogP contribution in [0.3, 0.4) is 0 Å². The van der Waals surface area contributed by atoms with Crippen molar-refractivity contribution >= 4 is 0 Å². The first-order valence-corrected chi connectivity index (χ1v) is 4.46. The van der Waals surface area contributed by atoms with Gasteiger partial charge in [0.15, 0.2) is 6.79 Å². The van der Waals surface area contributed by atoms with E-state index in [9.17, 15) is 10.1 Å². The summed E-state index contributed by atoms with van der Waals surface area (Å²) in [5.74, 6) is 0.938. The second-order valence-electron chi connectivity index (χ2n) is 2.65. The highest BCUT2D eigenvalue weighted by molar-refractivity contribution is 5.32. The minimum Gasteiger partial charge on any atom is -0.491 e. The molecule has 7 nitrogen and oxygen atoms in total. The van der Waals surface area contributed by atoms with Crippen LogP contribution in [0.25, 0.3) is 0 Å². The Kier molecular flexibility index (Phi) is 4.87. The molecule has 1 aromatic carbocycles. The maximum atomic E-state index is 9.83. The van der Waals surface area contributed by atoms with E-state index in [1.807, 2.05) is 0 Å². The zero-order valence-electron chi connectivity index (χ0n) is 8.37. The Labute approximate surface area is 91.3 Å². The molecule has 88 valence electrons. The molecule has 0 amide bonds. The quantitative estimate of drug-likeness (QED) is 0.318. The Balaban J connectivity index is 2.35.